The zero-order valence-corrected chi connectivity index (χ0v) is 11.6. The first-order valence-corrected chi connectivity index (χ1v) is 6.51. The minimum absolute atomic E-state index is 0.0820. The van der Waals surface area contributed by atoms with Gasteiger partial charge < -0.3 is 0 Å². The van der Waals surface area contributed by atoms with Crippen molar-refractivity contribution >= 4 is 21.7 Å². The number of ketones is 1. The van der Waals surface area contributed by atoms with Gasteiger partial charge in [0.15, 0.2) is 0 Å². The van der Waals surface area contributed by atoms with Crippen LogP contribution in [0.5, 0.6) is 0 Å². The summed E-state index contributed by atoms with van der Waals surface area (Å²) >= 11 is 3.60. The molecule has 1 aliphatic rings. The Morgan fingerprint density at radius 3 is 2.56 bits per heavy atom. The van der Waals surface area contributed by atoms with Crippen LogP contribution in [0.3, 0.4) is 0 Å². The summed E-state index contributed by atoms with van der Waals surface area (Å²) in [4.78, 5) is 11.6. The Labute approximate surface area is 104 Å². The predicted octanol–water partition coefficient (Wildman–Crippen LogP) is 2.66. The van der Waals surface area contributed by atoms with E-state index < -0.39 is 0 Å². The molecule has 0 radical (unpaired) electrons. The van der Waals surface area contributed by atoms with E-state index in [1.807, 2.05) is 11.7 Å². The lowest BCUT2D eigenvalue weighted by Gasteiger charge is -2.11. The summed E-state index contributed by atoms with van der Waals surface area (Å²) in [6, 6.07) is 0. The Morgan fingerprint density at radius 1 is 1.56 bits per heavy atom. The monoisotopic (exact) mass is 284 g/mol. The molecule has 3 nitrogen and oxygen atoms in total. The summed E-state index contributed by atoms with van der Waals surface area (Å²) in [7, 11) is 1.95. The van der Waals surface area contributed by atoms with Crippen molar-refractivity contribution < 1.29 is 4.79 Å². The Kier molecular flexibility index (Phi) is 2.95. The van der Waals surface area contributed by atoms with Gasteiger partial charge in [0, 0.05) is 18.9 Å². The first kappa shape index (κ1) is 11.8. The lowest BCUT2D eigenvalue weighted by Crippen LogP contribution is -2.17. The second-order valence-electron chi connectivity index (χ2n) is 4.70. The summed E-state index contributed by atoms with van der Waals surface area (Å²) < 4.78 is 3.00. The molecule has 1 saturated carbocycles. The Hall–Kier alpha value is -0.640. The molecule has 0 N–H and O–H groups in total. The number of carbonyl (C=O) groups excluding carboxylic acids is 1. The summed E-state index contributed by atoms with van der Waals surface area (Å²) in [5.74, 6) is 0.318. The van der Waals surface area contributed by atoms with Crippen molar-refractivity contribution in [3.05, 3.63) is 15.9 Å². The first-order chi connectivity index (χ1) is 7.50. The molecule has 1 heterocycles. The van der Waals surface area contributed by atoms with E-state index in [0.29, 0.717) is 5.78 Å². The van der Waals surface area contributed by atoms with Crippen LogP contribution in [0.4, 0.5) is 0 Å². The molecule has 4 heteroatoms. The van der Waals surface area contributed by atoms with Gasteiger partial charge in [-0.3, -0.25) is 9.48 Å². The van der Waals surface area contributed by atoms with E-state index in [1.165, 1.54) is 0 Å². The number of aromatic nitrogens is 2. The molecule has 1 aliphatic carbocycles. The molecule has 0 bridgehead atoms. The molecule has 0 unspecified atom stereocenters. The quantitative estimate of drug-likeness (QED) is 0.852. The molecular formula is C12H17BrN2O. The fourth-order valence-corrected chi connectivity index (χ4v) is 2.89. The van der Waals surface area contributed by atoms with Gasteiger partial charge in [-0.05, 0) is 42.1 Å². The summed E-state index contributed by atoms with van der Waals surface area (Å²) in [5.41, 5.74) is 2.16. The fraction of sp³-hybridized carbons (Fsp3) is 0.667. The number of carbonyl (C=O) groups is 1. The van der Waals surface area contributed by atoms with Gasteiger partial charge >= 0.3 is 0 Å². The Balaban J connectivity index is 2.28. The van der Waals surface area contributed by atoms with Gasteiger partial charge in [-0.2, -0.15) is 5.10 Å². The number of hydrogen-bond donors (Lipinski definition) is 0. The maximum absolute atomic E-state index is 11.6. The molecule has 0 aliphatic heterocycles. The van der Waals surface area contributed by atoms with Crippen molar-refractivity contribution in [2.45, 2.75) is 39.5 Å². The second-order valence-corrected chi connectivity index (χ2v) is 5.49. The molecule has 1 fully saturated rings. The van der Waals surface area contributed by atoms with Crippen molar-refractivity contribution in [2.24, 2.45) is 12.5 Å². The standard InChI is InChI=1S/C12H17BrN2O/c1-4-9-11(13)10(15(3)14-9)7-12(5-6-12)8(2)16/h4-7H2,1-3H3. The molecule has 2 rings (SSSR count). The van der Waals surface area contributed by atoms with E-state index >= 15 is 0 Å². The molecule has 0 amide bonds. The van der Waals surface area contributed by atoms with Crippen LogP contribution in [0, 0.1) is 5.41 Å². The lowest BCUT2D eigenvalue weighted by atomic mass is 9.95. The number of rotatable bonds is 4. The highest BCUT2D eigenvalue weighted by Crippen LogP contribution is 2.50. The molecular weight excluding hydrogens is 268 g/mol. The van der Waals surface area contributed by atoms with Crippen molar-refractivity contribution in [1.82, 2.24) is 9.78 Å². The van der Waals surface area contributed by atoms with Crippen molar-refractivity contribution in [1.29, 1.82) is 0 Å². The van der Waals surface area contributed by atoms with E-state index in [9.17, 15) is 4.79 Å². The largest absolute Gasteiger partial charge is 0.299 e. The third-order valence-corrected chi connectivity index (χ3v) is 4.52. The lowest BCUT2D eigenvalue weighted by molar-refractivity contribution is -0.122. The summed E-state index contributed by atoms with van der Waals surface area (Å²) in [6.07, 6.45) is 3.80. The number of nitrogens with zero attached hydrogens (tertiary/aromatic N) is 2. The first-order valence-electron chi connectivity index (χ1n) is 5.71. The van der Waals surface area contributed by atoms with Crippen LogP contribution in [-0.4, -0.2) is 15.6 Å². The van der Waals surface area contributed by atoms with E-state index in [1.54, 1.807) is 6.92 Å². The third kappa shape index (κ3) is 1.83. The third-order valence-electron chi connectivity index (χ3n) is 3.61. The van der Waals surface area contributed by atoms with Crippen molar-refractivity contribution in [3.8, 4) is 0 Å². The van der Waals surface area contributed by atoms with Crippen LogP contribution in [0.2, 0.25) is 0 Å². The average molecular weight is 285 g/mol. The van der Waals surface area contributed by atoms with E-state index in [2.05, 4.69) is 28.0 Å². The highest BCUT2D eigenvalue weighted by atomic mass is 79.9. The van der Waals surface area contributed by atoms with Gasteiger partial charge in [-0.25, -0.2) is 0 Å². The number of halogens is 1. The SMILES string of the molecule is CCc1nn(C)c(CC2(C(C)=O)CC2)c1Br. The molecule has 0 spiro atoms. The van der Waals surface area contributed by atoms with Crippen molar-refractivity contribution in [2.75, 3.05) is 0 Å². The molecule has 16 heavy (non-hydrogen) atoms. The van der Waals surface area contributed by atoms with Crippen LogP contribution < -0.4 is 0 Å². The maximum atomic E-state index is 11.6. The highest BCUT2D eigenvalue weighted by molar-refractivity contribution is 9.10. The van der Waals surface area contributed by atoms with Gasteiger partial charge in [0.2, 0.25) is 0 Å². The average Bonchev–Trinajstić information content (AvgIpc) is 2.97. The predicted molar refractivity (Wildman–Crippen MR) is 66.3 cm³/mol. The van der Waals surface area contributed by atoms with Gasteiger partial charge in [0.1, 0.15) is 5.78 Å². The molecule has 0 aromatic carbocycles. The summed E-state index contributed by atoms with van der Waals surface area (Å²) in [5, 5.41) is 4.46. The van der Waals surface area contributed by atoms with Gasteiger partial charge in [0.05, 0.1) is 15.9 Å². The minimum atomic E-state index is -0.0820. The smallest absolute Gasteiger partial charge is 0.136 e. The molecule has 0 atom stereocenters. The topological polar surface area (TPSA) is 34.9 Å². The normalized spacial score (nSPS) is 17.5. The van der Waals surface area contributed by atoms with Crippen LogP contribution in [0.25, 0.3) is 0 Å². The van der Waals surface area contributed by atoms with Crippen molar-refractivity contribution in [3.63, 3.8) is 0 Å². The molecule has 1 aromatic rings. The van der Waals surface area contributed by atoms with E-state index in [-0.39, 0.29) is 5.41 Å². The highest BCUT2D eigenvalue weighted by Gasteiger charge is 2.48. The van der Waals surface area contributed by atoms with Crippen LogP contribution in [0.15, 0.2) is 4.47 Å². The van der Waals surface area contributed by atoms with Crippen LogP contribution in [0.1, 0.15) is 38.1 Å². The fourth-order valence-electron chi connectivity index (χ4n) is 2.14. The summed E-state index contributed by atoms with van der Waals surface area (Å²) in [6.45, 7) is 3.80. The molecule has 88 valence electrons. The zero-order valence-electron chi connectivity index (χ0n) is 10.0. The minimum Gasteiger partial charge on any atom is -0.299 e. The van der Waals surface area contributed by atoms with E-state index in [0.717, 1.165) is 41.5 Å². The zero-order chi connectivity index (χ0) is 11.9. The molecule has 0 saturated heterocycles. The number of hydrogen-bond acceptors (Lipinski definition) is 2. The number of Topliss-reactive ketones (excluding diaryl/α,β-unsaturated/α-hetero) is 1. The maximum Gasteiger partial charge on any atom is 0.136 e. The Morgan fingerprint density at radius 2 is 2.19 bits per heavy atom. The second kappa shape index (κ2) is 3.99. The van der Waals surface area contributed by atoms with Gasteiger partial charge in [-0.1, -0.05) is 6.92 Å². The van der Waals surface area contributed by atoms with Crippen LogP contribution in [-0.2, 0) is 24.7 Å². The number of aryl methyl sites for hydroxylation is 2. The molecule has 1 aromatic heterocycles. The van der Waals surface area contributed by atoms with E-state index in [4.69, 9.17) is 0 Å². The Bertz CT molecular complexity index is 432. The van der Waals surface area contributed by atoms with Gasteiger partial charge in [0.25, 0.3) is 0 Å². The van der Waals surface area contributed by atoms with Crippen LogP contribution >= 0.6 is 15.9 Å². The van der Waals surface area contributed by atoms with Gasteiger partial charge in [-0.15, -0.1) is 0 Å².